The Balaban J connectivity index is 1.61. The maximum atomic E-state index is 11.5. The molecule has 1 amide bonds. The second-order valence-electron chi connectivity index (χ2n) is 4.54. The van der Waals surface area contributed by atoms with Gasteiger partial charge < -0.3 is 5.32 Å². The minimum atomic E-state index is 0.246. The number of carbonyl (C=O) groups is 1. The number of nitrogens with zero attached hydrogens (tertiary/aromatic N) is 1. The van der Waals surface area contributed by atoms with Crippen LogP contribution in [0, 0.1) is 12.8 Å². The highest BCUT2D eigenvalue weighted by molar-refractivity contribution is 5.79. The minimum Gasteiger partial charge on any atom is -0.356 e. The minimum absolute atomic E-state index is 0.246. The van der Waals surface area contributed by atoms with E-state index in [-0.39, 0.29) is 5.91 Å². The van der Waals surface area contributed by atoms with E-state index in [9.17, 15) is 4.79 Å². The third-order valence-corrected chi connectivity index (χ3v) is 3.33. The molecule has 0 atom stereocenters. The van der Waals surface area contributed by atoms with Crippen molar-refractivity contribution in [3.05, 3.63) is 17.5 Å². The van der Waals surface area contributed by atoms with Crippen LogP contribution in [-0.4, -0.2) is 22.6 Å². The number of aromatic nitrogens is 2. The summed E-state index contributed by atoms with van der Waals surface area (Å²) >= 11 is 0. The molecule has 1 heterocycles. The molecule has 1 fully saturated rings. The number of hydrogen-bond donors (Lipinski definition) is 2. The average Bonchev–Trinajstić information content (AvgIpc) is 2.56. The van der Waals surface area contributed by atoms with E-state index >= 15 is 0 Å². The molecule has 1 aromatic heterocycles. The molecule has 0 bridgehead atoms. The van der Waals surface area contributed by atoms with E-state index in [1.54, 1.807) is 0 Å². The Labute approximate surface area is 95.8 Å². The molecular weight excluding hydrogens is 202 g/mol. The van der Waals surface area contributed by atoms with Crippen molar-refractivity contribution in [2.24, 2.45) is 5.92 Å². The lowest BCUT2D eigenvalue weighted by atomic mass is 9.85. The lowest BCUT2D eigenvalue weighted by Crippen LogP contribution is -2.35. The Morgan fingerprint density at radius 3 is 3.00 bits per heavy atom. The van der Waals surface area contributed by atoms with Crippen molar-refractivity contribution in [3.8, 4) is 0 Å². The van der Waals surface area contributed by atoms with Crippen LogP contribution in [0.5, 0.6) is 0 Å². The number of nitrogens with one attached hydrogen (secondary N) is 2. The van der Waals surface area contributed by atoms with Gasteiger partial charge in [0.05, 0.1) is 6.20 Å². The number of hydrogen-bond acceptors (Lipinski definition) is 2. The number of H-pyrrole nitrogens is 1. The van der Waals surface area contributed by atoms with Gasteiger partial charge in [-0.15, -0.1) is 0 Å². The van der Waals surface area contributed by atoms with Gasteiger partial charge in [-0.05, 0) is 38.2 Å². The summed E-state index contributed by atoms with van der Waals surface area (Å²) in [7, 11) is 0. The first kappa shape index (κ1) is 11.2. The molecule has 4 heteroatoms. The Hall–Kier alpha value is -1.32. The summed E-state index contributed by atoms with van der Waals surface area (Å²) in [6.45, 7) is 2.80. The van der Waals surface area contributed by atoms with Crippen LogP contribution in [0.4, 0.5) is 0 Å². The molecule has 1 aliphatic rings. The van der Waals surface area contributed by atoms with Gasteiger partial charge in [0.1, 0.15) is 0 Å². The van der Waals surface area contributed by atoms with Crippen molar-refractivity contribution in [1.82, 2.24) is 15.5 Å². The Bertz CT molecular complexity index is 355. The van der Waals surface area contributed by atoms with Crippen LogP contribution in [0.25, 0.3) is 0 Å². The number of aromatic amines is 1. The van der Waals surface area contributed by atoms with E-state index < -0.39 is 0 Å². The molecule has 0 aliphatic heterocycles. The quantitative estimate of drug-likeness (QED) is 0.741. The summed E-state index contributed by atoms with van der Waals surface area (Å²) < 4.78 is 0. The van der Waals surface area contributed by atoms with Gasteiger partial charge in [0.15, 0.2) is 0 Å². The van der Waals surface area contributed by atoms with Crippen molar-refractivity contribution in [1.29, 1.82) is 0 Å². The second-order valence-corrected chi connectivity index (χ2v) is 4.54. The molecule has 1 aliphatic carbocycles. The summed E-state index contributed by atoms with van der Waals surface area (Å²) in [5.41, 5.74) is 2.38. The van der Waals surface area contributed by atoms with Gasteiger partial charge >= 0.3 is 0 Å². The monoisotopic (exact) mass is 221 g/mol. The number of rotatable bonds is 5. The van der Waals surface area contributed by atoms with Gasteiger partial charge in [-0.3, -0.25) is 9.89 Å². The van der Waals surface area contributed by atoms with Crippen LogP contribution in [0.3, 0.4) is 0 Å². The highest BCUT2D eigenvalue weighted by Crippen LogP contribution is 2.26. The van der Waals surface area contributed by atoms with E-state index in [0.717, 1.165) is 37.9 Å². The molecule has 0 unspecified atom stereocenters. The van der Waals surface area contributed by atoms with E-state index in [2.05, 4.69) is 15.5 Å². The molecule has 0 radical (unpaired) electrons. The average molecular weight is 221 g/mol. The summed E-state index contributed by atoms with van der Waals surface area (Å²) in [5.74, 6) is 0.547. The first-order valence-electron chi connectivity index (χ1n) is 6.04. The number of amides is 1. The molecule has 1 saturated carbocycles. The molecule has 0 aromatic carbocycles. The summed E-state index contributed by atoms with van der Waals surface area (Å²) in [4.78, 5) is 11.5. The van der Waals surface area contributed by atoms with Crippen molar-refractivity contribution >= 4 is 5.91 Å². The van der Waals surface area contributed by atoms with Crippen LogP contribution in [-0.2, 0) is 11.2 Å². The second kappa shape index (κ2) is 5.14. The highest BCUT2D eigenvalue weighted by atomic mass is 16.1. The van der Waals surface area contributed by atoms with Crippen LogP contribution in [0.2, 0.25) is 0 Å². The molecule has 16 heavy (non-hydrogen) atoms. The van der Waals surface area contributed by atoms with E-state index in [1.165, 1.54) is 12.0 Å². The van der Waals surface area contributed by atoms with Crippen molar-refractivity contribution in [2.45, 2.75) is 39.0 Å². The molecule has 0 spiro atoms. The smallest absolute Gasteiger partial charge is 0.223 e. The van der Waals surface area contributed by atoms with E-state index in [1.807, 2.05) is 13.1 Å². The van der Waals surface area contributed by atoms with Gasteiger partial charge in [-0.25, -0.2) is 0 Å². The normalized spacial score (nSPS) is 15.8. The lowest BCUT2D eigenvalue weighted by Gasteiger charge is -2.23. The zero-order valence-corrected chi connectivity index (χ0v) is 9.75. The Kier molecular flexibility index (Phi) is 3.59. The zero-order valence-electron chi connectivity index (χ0n) is 9.75. The molecule has 2 rings (SSSR count). The first-order chi connectivity index (χ1) is 7.77. The van der Waals surface area contributed by atoms with E-state index in [4.69, 9.17) is 0 Å². The maximum absolute atomic E-state index is 11.5. The third kappa shape index (κ3) is 2.62. The van der Waals surface area contributed by atoms with Gasteiger partial charge in [-0.1, -0.05) is 6.42 Å². The van der Waals surface area contributed by atoms with Crippen molar-refractivity contribution in [2.75, 3.05) is 6.54 Å². The predicted molar refractivity (Wildman–Crippen MR) is 62.0 cm³/mol. The summed E-state index contributed by atoms with van der Waals surface area (Å²) in [5, 5.41) is 9.89. The van der Waals surface area contributed by atoms with Gasteiger partial charge in [0.25, 0.3) is 0 Å². The Morgan fingerprint density at radius 1 is 1.62 bits per heavy atom. The fraction of sp³-hybridized carbons (Fsp3) is 0.667. The number of aryl methyl sites for hydroxylation is 2. The molecule has 4 nitrogen and oxygen atoms in total. The standard InChI is InChI=1S/C12H19N3O/c1-9-11(8-14-15-9)6-3-7-13-12(16)10-4-2-5-10/h8,10H,2-7H2,1H3,(H,13,16)(H,14,15). The zero-order chi connectivity index (χ0) is 11.4. The molecule has 88 valence electrons. The summed E-state index contributed by atoms with van der Waals surface area (Å²) in [6, 6.07) is 0. The van der Waals surface area contributed by atoms with Crippen LogP contribution < -0.4 is 5.32 Å². The van der Waals surface area contributed by atoms with E-state index in [0.29, 0.717) is 5.92 Å². The number of carbonyl (C=O) groups excluding carboxylic acids is 1. The topological polar surface area (TPSA) is 57.8 Å². The molecule has 2 N–H and O–H groups in total. The first-order valence-corrected chi connectivity index (χ1v) is 6.04. The van der Waals surface area contributed by atoms with Crippen LogP contribution in [0.15, 0.2) is 6.20 Å². The van der Waals surface area contributed by atoms with Gasteiger partial charge in [-0.2, -0.15) is 5.10 Å². The highest BCUT2D eigenvalue weighted by Gasteiger charge is 2.24. The largest absolute Gasteiger partial charge is 0.356 e. The molecular formula is C12H19N3O. The molecule has 1 aromatic rings. The van der Waals surface area contributed by atoms with Gasteiger partial charge in [0.2, 0.25) is 5.91 Å². The van der Waals surface area contributed by atoms with Crippen LogP contribution >= 0.6 is 0 Å². The summed E-state index contributed by atoms with van der Waals surface area (Å²) in [6.07, 6.45) is 7.20. The third-order valence-electron chi connectivity index (χ3n) is 3.33. The van der Waals surface area contributed by atoms with Crippen molar-refractivity contribution < 1.29 is 4.79 Å². The van der Waals surface area contributed by atoms with Crippen LogP contribution in [0.1, 0.15) is 36.9 Å². The lowest BCUT2D eigenvalue weighted by molar-refractivity contribution is -0.127. The Morgan fingerprint density at radius 2 is 2.44 bits per heavy atom. The molecule has 0 saturated heterocycles. The van der Waals surface area contributed by atoms with Gasteiger partial charge in [0, 0.05) is 18.2 Å². The fourth-order valence-corrected chi connectivity index (χ4v) is 1.93. The SMILES string of the molecule is Cc1[nH]ncc1CCCNC(=O)C1CCC1. The fourth-order valence-electron chi connectivity index (χ4n) is 1.93. The predicted octanol–water partition coefficient (Wildman–Crippen LogP) is 1.57. The van der Waals surface area contributed by atoms with Crippen molar-refractivity contribution in [3.63, 3.8) is 0 Å². The maximum Gasteiger partial charge on any atom is 0.223 e.